The highest BCUT2D eigenvalue weighted by Gasteiger charge is 2.23. The van der Waals surface area contributed by atoms with E-state index in [2.05, 4.69) is 15.5 Å². The molecule has 0 spiro atoms. The van der Waals surface area contributed by atoms with Crippen LogP contribution in [0.2, 0.25) is 10.0 Å². The van der Waals surface area contributed by atoms with E-state index < -0.39 is 26.7 Å². The van der Waals surface area contributed by atoms with Gasteiger partial charge in [-0.2, -0.15) is 8.42 Å². The Labute approximate surface area is 234 Å². The molecule has 0 aromatic heterocycles. The topological polar surface area (TPSA) is 138 Å². The number of phenolic OH excluding ortho intramolecular Hbond substituents is 1. The summed E-state index contributed by atoms with van der Waals surface area (Å²) in [4.78, 5) is 12.8. The quantitative estimate of drug-likeness (QED) is 0.142. The Hall–Kier alpha value is -3.70. The summed E-state index contributed by atoms with van der Waals surface area (Å²) >= 11 is 12.2. The summed E-state index contributed by atoms with van der Waals surface area (Å²) in [6.07, 6.45) is 0.204. The van der Waals surface area contributed by atoms with Crippen LogP contribution in [0.25, 0.3) is 10.8 Å². The number of fused-ring (bicyclic) bond motifs is 1. The van der Waals surface area contributed by atoms with Crippen molar-refractivity contribution in [3.8, 4) is 11.5 Å². The molecule has 0 saturated heterocycles. The molecule has 0 saturated carbocycles. The summed E-state index contributed by atoms with van der Waals surface area (Å²) < 4.78 is 39.7. The first-order valence-electron chi connectivity index (χ1n) is 11.7. The van der Waals surface area contributed by atoms with Gasteiger partial charge in [0.05, 0.1) is 17.9 Å². The van der Waals surface area contributed by atoms with Crippen LogP contribution in [-0.4, -0.2) is 30.6 Å². The number of phenols is 1. The van der Waals surface area contributed by atoms with E-state index in [1.807, 2.05) is 0 Å². The molecule has 0 aliphatic rings. The number of nitrogens with one attached hydrogen (secondary N) is 1. The number of rotatable bonds is 8. The maximum atomic E-state index is 13.3. The van der Waals surface area contributed by atoms with Crippen LogP contribution in [-0.2, 0) is 16.5 Å². The molecule has 202 valence electrons. The van der Waals surface area contributed by atoms with E-state index in [4.69, 9.17) is 27.9 Å². The number of benzene rings is 4. The monoisotopic (exact) mass is 587 g/mol. The average molecular weight is 588 g/mol. The average Bonchev–Trinajstić information content (AvgIpc) is 2.89. The third kappa shape index (κ3) is 5.99. The normalized spacial score (nSPS) is 11.7. The second-order valence-electron chi connectivity index (χ2n) is 8.27. The van der Waals surface area contributed by atoms with Crippen molar-refractivity contribution in [3.05, 3.63) is 81.8 Å². The van der Waals surface area contributed by atoms with Gasteiger partial charge < -0.3 is 15.2 Å². The van der Waals surface area contributed by atoms with E-state index in [0.29, 0.717) is 33.8 Å². The highest BCUT2D eigenvalue weighted by Crippen LogP contribution is 2.41. The first kappa shape index (κ1) is 28.3. The Morgan fingerprint density at radius 1 is 1.03 bits per heavy atom. The van der Waals surface area contributed by atoms with Crippen molar-refractivity contribution in [2.24, 2.45) is 10.2 Å². The van der Waals surface area contributed by atoms with Crippen molar-refractivity contribution in [2.45, 2.75) is 25.2 Å². The fraction of sp³-hybridized carbons (Fsp3) is 0.148. The van der Waals surface area contributed by atoms with Gasteiger partial charge in [0.1, 0.15) is 22.0 Å². The molecule has 3 N–H and O–H groups in total. The van der Waals surface area contributed by atoms with Crippen molar-refractivity contribution in [2.75, 3.05) is 11.9 Å². The van der Waals surface area contributed by atoms with Crippen LogP contribution in [0, 0.1) is 0 Å². The minimum Gasteiger partial charge on any atom is -0.505 e. The number of azo groups is 1. The Morgan fingerprint density at radius 2 is 1.77 bits per heavy atom. The smallest absolute Gasteiger partial charge is 0.297 e. The summed E-state index contributed by atoms with van der Waals surface area (Å²) in [6.45, 7) is 3.80. The standard InChI is InChI=1S/C27H23Cl2N3O6S/c1-3-17-20(29)10-12-22(26(17)39(35,36)37)31-32-24-18-8-6-5-7-15(18)13-19(25(24)33)27(34)30-21-11-9-16(28)14-23(21)38-4-2/h5-14,33H,3-4H2,1-2H3,(H,30,34)(H,35,36,37). The maximum Gasteiger partial charge on any atom is 0.297 e. The molecule has 0 aliphatic carbocycles. The Morgan fingerprint density at radius 3 is 2.46 bits per heavy atom. The first-order chi connectivity index (χ1) is 18.5. The number of carbonyl (C=O) groups is 1. The third-order valence-electron chi connectivity index (χ3n) is 5.78. The number of nitrogens with zero attached hydrogens (tertiary/aromatic N) is 2. The molecule has 0 bridgehead atoms. The predicted molar refractivity (Wildman–Crippen MR) is 151 cm³/mol. The number of hydrogen-bond donors (Lipinski definition) is 3. The van der Waals surface area contributed by atoms with Gasteiger partial charge in [-0.05, 0) is 54.6 Å². The lowest BCUT2D eigenvalue weighted by Crippen LogP contribution is -2.13. The van der Waals surface area contributed by atoms with Crippen molar-refractivity contribution >= 4 is 67.1 Å². The summed E-state index contributed by atoms with van der Waals surface area (Å²) in [5.74, 6) is -0.790. The van der Waals surface area contributed by atoms with Crippen molar-refractivity contribution < 1.29 is 27.6 Å². The molecular weight excluding hydrogens is 565 g/mol. The van der Waals surface area contributed by atoms with Gasteiger partial charge in [0, 0.05) is 21.5 Å². The minimum absolute atomic E-state index is 0.0753. The highest BCUT2D eigenvalue weighted by molar-refractivity contribution is 7.86. The molecular formula is C27H23Cl2N3O6S. The molecule has 9 nitrogen and oxygen atoms in total. The number of amides is 1. The van der Waals surface area contributed by atoms with Crippen LogP contribution in [0.15, 0.2) is 75.8 Å². The van der Waals surface area contributed by atoms with Gasteiger partial charge in [-0.3, -0.25) is 9.35 Å². The number of anilines is 1. The van der Waals surface area contributed by atoms with Gasteiger partial charge in [-0.15, -0.1) is 10.2 Å². The zero-order valence-corrected chi connectivity index (χ0v) is 23.1. The predicted octanol–water partition coefficient (Wildman–Crippen LogP) is 7.73. The number of carbonyl (C=O) groups excluding carboxylic acids is 1. The van der Waals surface area contributed by atoms with Crippen molar-refractivity contribution in [3.63, 3.8) is 0 Å². The van der Waals surface area contributed by atoms with E-state index in [1.54, 1.807) is 56.3 Å². The van der Waals surface area contributed by atoms with Gasteiger partial charge in [0.25, 0.3) is 16.0 Å². The highest BCUT2D eigenvalue weighted by atomic mass is 35.5. The molecule has 0 atom stereocenters. The Balaban J connectivity index is 1.84. The molecule has 0 unspecified atom stereocenters. The number of ether oxygens (including phenoxy) is 1. The molecule has 0 heterocycles. The van der Waals surface area contributed by atoms with Crippen molar-refractivity contribution in [1.29, 1.82) is 0 Å². The summed E-state index contributed by atoms with van der Waals surface area (Å²) in [6, 6.07) is 15.8. The van der Waals surface area contributed by atoms with Crippen LogP contribution >= 0.6 is 23.2 Å². The summed E-state index contributed by atoms with van der Waals surface area (Å²) in [5, 5.41) is 23.6. The minimum atomic E-state index is -4.71. The second-order valence-corrected chi connectivity index (χ2v) is 10.5. The molecule has 0 fully saturated rings. The third-order valence-corrected chi connectivity index (χ3v) is 7.34. The number of halogens is 2. The molecule has 12 heteroatoms. The van der Waals surface area contributed by atoms with E-state index in [0.717, 1.165) is 0 Å². The zero-order chi connectivity index (χ0) is 28.3. The van der Waals surface area contributed by atoms with Crippen LogP contribution in [0.5, 0.6) is 11.5 Å². The lowest BCUT2D eigenvalue weighted by Gasteiger charge is -2.14. The maximum absolute atomic E-state index is 13.3. The molecule has 0 aliphatic heterocycles. The fourth-order valence-electron chi connectivity index (χ4n) is 4.05. The largest absolute Gasteiger partial charge is 0.505 e. The zero-order valence-electron chi connectivity index (χ0n) is 20.8. The number of aromatic hydroxyl groups is 1. The van der Waals surface area contributed by atoms with E-state index in [9.17, 15) is 22.9 Å². The van der Waals surface area contributed by atoms with Gasteiger partial charge in [0.15, 0.2) is 5.75 Å². The summed E-state index contributed by atoms with van der Waals surface area (Å²) in [7, 11) is -4.71. The van der Waals surface area contributed by atoms with E-state index in [1.165, 1.54) is 18.2 Å². The molecule has 4 rings (SSSR count). The van der Waals surface area contributed by atoms with Gasteiger partial charge >= 0.3 is 0 Å². The Kier molecular flexibility index (Phi) is 8.41. The van der Waals surface area contributed by atoms with Crippen LogP contribution in [0.1, 0.15) is 29.8 Å². The van der Waals surface area contributed by atoms with Crippen LogP contribution < -0.4 is 10.1 Å². The van der Waals surface area contributed by atoms with Gasteiger partial charge in [-0.25, -0.2) is 0 Å². The van der Waals surface area contributed by atoms with Gasteiger partial charge in [-0.1, -0.05) is 54.4 Å². The SMILES string of the molecule is CCOc1cc(Cl)ccc1NC(=O)c1cc2ccccc2c(N=Nc2ccc(Cl)c(CC)c2S(=O)(=O)O)c1O. The molecule has 1 amide bonds. The molecule has 0 radical (unpaired) electrons. The van der Waals surface area contributed by atoms with E-state index >= 15 is 0 Å². The van der Waals surface area contributed by atoms with Crippen LogP contribution in [0.4, 0.5) is 17.1 Å². The lowest BCUT2D eigenvalue weighted by molar-refractivity contribution is 0.102. The Bertz CT molecular complexity index is 1720. The molecule has 4 aromatic carbocycles. The molecule has 4 aromatic rings. The van der Waals surface area contributed by atoms with Crippen molar-refractivity contribution in [1.82, 2.24) is 0 Å². The fourth-order valence-corrected chi connectivity index (χ4v) is 5.50. The second kappa shape index (κ2) is 11.6. The van der Waals surface area contributed by atoms with E-state index in [-0.39, 0.29) is 33.9 Å². The van der Waals surface area contributed by atoms with Crippen LogP contribution in [0.3, 0.4) is 0 Å². The molecule has 39 heavy (non-hydrogen) atoms. The summed E-state index contributed by atoms with van der Waals surface area (Å²) in [5.41, 5.74) is 0.146. The van der Waals surface area contributed by atoms with Gasteiger partial charge in [0.2, 0.25) is 0 Å². The lowest BCUT2D eigenvalue weighted by atomic mass is 10.0. The number of hydrogen-bond acceptors (Lipinski definition) is 7. The first-order valence-corrected chi connectivity index (χ1v) is 13.9.